The van der Waals surface area contributed by atoms with Crippen LogP contribution in [0.15, 0.2) is 30.3 Å². The molecule has 2 aliphatic rings. The largest absolute Gasteiger partial charge is 0.378 e. The lowest BCUT2D eigenvalue weighted by atomic mass is 9.83. The highest BCUT2D eigenvalue weighted by molar-refractivity contribution is 9.09. The molecule has 1 N–H and O–H groups in total. The van der Waals surface area contributed by atoms with Crippen molar-refractivity contribution < 1.29 is 18.3 Å². The fourth-order valence-corrected chi connectivity index (χ4v) is 5.64. The average molecular weight is 592 g/mol. The number of aromatic nitrogens is 4. The number of nitrogens with one attached hydrogen (secondary N) is 1. The first-order valence-corrected chi connectivity index (χ1v) is 14.5. The Bertz CT molecular complexity index is 1240. The van der Waals surface area contributed by atoms with Crippen LogP contribution in [0.4, 0.5) is 14.7 Å². The number of halogens is 3. The minimum absolute atomic E-state index is 0.0461. The summed E-state index contributed by atoms with van der Waals surface area (Å²) in [4.78, 5) is 27.5. The van der Waals surface area contributed by atoms with Crippen molar-refractivity contribution in [3.63, 3.8) is 0 Å². The van der Waals surface area contributed by atoms with E-state index in [1.165, 1.54) is 4.57 Å². The Hall–Kier alpha value is -2.66. The van der Waals surface area contributed by atoms with Gasteiger partial charge in [0.05, 0.1) is 29.6 Å². The zero-order valence-electron chi connectivity index (χ0n) is 21.3. The van der Waals surface area contributed by atoms with Gasteiger partial charge >= 0.3 is 0 Å². The van der Waals surface area contributed by atoms with Gasteiger partial charge in [0.25, 0.3) is 6.43 Å². The van der Waals surface area contributed by atoms with Crippen molar-refractivity contribution in [2.24, 2.45) is 5.92 Å². The van der Waals surface area contributed by atoms with Crippen LogP contribution in [0.1, 0.15) is 56.5 Å². The lowest BCUT2D eigenvalue weighted by molar-refractivity contribution is -0.119. The van der Waals surface area contributed by atoms with Crippen molar-refractivity contribution in [3.05, 3.63) is 41.9 Å². The molecule has 1 aliphatic carbocycles. The zero-order chi connectivity index (χ0) is 26.5. The van der Waals surface area contributed by atoms with Crippen LogP contribution >= 0.6 is 15.9 Å². The number of morpholine rings is 1. The fourth-order valence-electron chi connectivity index (χ4n) is 5.48. The lowest BCUT2D eigenvalue weighted by Gasteiger charge is -2.29. The first-order chi connectivity index (χ1) is 18.5. The Morgan fingerprint density at radius 1 is 1.11 bits per heavy atom. The number of fused-ring (bicyclic) bond motifs is 1. The van der Waals surface area contributed by atoms with Crippen LogP contribution in [0.2, 0.25) is 0 Å². The number of carbonyl (C=O) groups excluding carboxylic acids is 1. The summed E-state index contributed by atoms with van der Waals surface area (Å²) >= 11 is 3.21. The number of nitrogens with zero attached hydrogens (tertiary/aromatic N) is 5. The molecule has 11 heteroatoms. The van der Waals surface area contributed by atoms with Gasteiger partial charge in [-0.05, 0) is 56.6 Å². The quantitative estimate of drug-likeness (QED) is 0.354. The maximum absolute atomic E-state index is 14.1. The van der Waals surface area contributed by atoms with E-state index in [0.717, 1.165) is 50.6 Å². The van der Waals surface area contributed by atoms with E-state index in [1.807, 2.05) is 12.1 Å². The summed E-state index contributed by atoms with van der Waals surface area (Å²) in [6.45, 7) is 2.48. The molecule has 1 aliphatic heterocycles. The summed E-state index contributed by atoms with van der Waals surface area (Å²) in [5.41, 5.74) is 1.95. The van der Waals surface area contributed by atoms with E-state index in [0.29, 0.717) is 60.4 Å². The number of hydrogen-bond donors (Lipinski definition) is 1. The standard InChI is InChI=1S/C27H33BrF2N6O2/c28-17-24(37)31-19-10-8-18(9-11-19)4-3-5-20-16-23(34-27(32-20)35-12-14-38-15-13-35)36-22-7-2-1-6-21(22)33-26(36)25(29)30/h1-2,6-7,16,18-19,25H,3-5,8-15,17H2,(H,31,37). The summed E-state index contributed by atoms with van der Waals surface area (Å²) in [6.07, 6.45) is 4.24. The summed E-state index contributed by atoms with van der Waals surface area (Å²) < 4.78 is 35.1. The van der Waals surface area contributed by atoms with Crippen LogP contribution < -0.4 is 10.2 Å². The number of anilines is 1. The molecule has 1 aromatic carbocycles. The van der Waals surface area contributed by atoms with E-state index in [4.69, 9.17) is 14.7 Å². The van der Waals surface area contributed by atoms with Gasteiger partial charge in [-0.2, -0.15) is 4.98 Å². The highest BCUT2D eigenvalue weighted by Crippen LogP contribution is 2.30. The maximum atomic E-state index is 14.1. The van der Waals surface area contributed by atoms with E-state index in [9.17, 15) is 13.6 Å². The highest BCUT2D eigenvalue weighted by atomic mass is 79.9. The molecule has 3 heterocycles. The molecular weight excluding hydrogens is 558 g/mol. The number of para-hydroxylation sites is 2. The SMILES string of the molecule is O=C(CBr)NC1CCC(CCCc2cc(-n3c(C(F)F)nc4ccccc43)nc(N3CCOCC3)n2)CC1. The molecule has 1 saturated heterocycles. The van der Waals surface area contributed by atoms with E-state index in [1.54, 1.807) is 18.2 Å². The van der Waals surface area contributed by atoms with Crippen molar-refractivity contribution in [1.29, 1.82) is 0 Å². The molecular formula is C27H33BrF2N6O2. The predicted molar refractivity (Wildman–Crippen MR) is 145 cm³/mol. The molecule has 0 atom stereocenters. The van der Waals surface area contributed by atoms with Crippen molar-refractivity contribution in [2.45, 2.75) is 57.4 Å². The number of rotatable bonds is 9. The van der Waals surface area contributed by atoms with Crippen molar-refractivity contribution in [3.8, 4) is 5.82 Å². The van der Waals surface area contributed by atoms with Crippen LogP contribution in [0.25, 0.3) is 16.9 Å². The lowest BCUT2D eigenvalue weighted by Crippen LogP contribution is -2.38. The Kier molecular flexibility index (Phi) is 8.83. The minimum Gasteiger partial charge on any atom is -0.378 e. The molecule has 5 rings (SSSR count). The van der Waals surface area contributed by atoms with Crippen molar-refractivity contribution in [2.75, 3.05) is 36.5 Å². The zero-order valence-corrected chi connectivity index (χ0v) is 22.9. The average Bonchev–Trinajstić information content (AvgIpc) is 3.34. The van der Waals surface area contributed by atoms with E-state index < -0.39 is 6.43 Å². The Morgan fingerprint density at radius 2 is 1.87 bits per heavy atom. The van der Waals surface area contributed by atoms with Crippen LogP contribution in [0.5, 0.6) is 0 Å². The van der Waals surface area contributed by atoms with Gasteiger partial charge in [-0.25, -0.2) is 18.7 Å². The summed E-state index contributed by atoms with van der Waals surface area (Å²) in [6, 6.07) is 9.25. The molecule has 204 valence electrons. The van der Waals surface area contributed by atoms with Crippen LogP contribution in [-0.2, 0) is 16.0 Å². The topological polar surface area (TPSA) is 85.2 Å². The number of aryl methyl sites for hydroxylation is 1. The van der Waals surface area contributed by atoms with Crippen molar-refractivity contribution >= 4 is 38.8 Å². The van der Waals surface area contributed by atoms with E-state index in [-0.39, 0.29) is 17.8 Å². The number of alkyl halides is 3. The Balaban J connectivity index is 1.34. The van der Waals surface area contributed by atoms with Crippen LogP contribution in [0, 0.1) is 5.92 Å². The summed E-state index contributed by atoms with van der Waals surface area (Å²) in [5, 5.41) is 3.42. The monoisotopic (exact) mass is 590 g/mol. The first-order valence-electron chi connectivity index (χ1n) is 13.3. The van der Waals surface area contributed by atoms with E-state index >= 15 is 0 Å². The predicted octanol–water partition coefficient (Wildman–Crippen LogP) is 4.98. The van der Waals surface area contributed by atoms with E-state index in [2.05, 4.69) is 31.1 Å². The molecule has 3 aromatic rings. The number of amides is 1. The van der Waals surface area contributed by atoms with Gasteiger partial charge in [-0.1, -0.05) is 34.5 Å². The number of benzene rings is 1. The number of ether oxygens (including phenoxy) is 1. The molecule has 38 heavy (non-hydrogen) atoms. The third kappa shape index (κ3) is 6.31. The van der Waals surface area contributed by atoms with Gasteiger partial charge in [-0.15, -0.1) is 0 Å². The normalized spacial score (nSPS) is 20.3. The van der Waals surface area contributed by atoms with Crippen molar-refractivity contribution in [1.82, 2.24) is 24.8 Å². The molecule has 2 aromatic heterocycles. The van der Waals surface area contributed by atoms with Gasteiger partial charge in [-0.3, -0.25) is 9.36 Å². The highest BCUT2D eigenvalue weighted by Gasteiger charge is 2.24. The minimum atomic E-state index is -2.73. The number of hydrogen-bond acceptors (Lipinski definition) is 6. The number of imidazole rings is 1. The van der Waals surface area contributed by atoms with Crippen LogP contribution in [-0.4, -0.2) is 63.1 Å². The second kappa shape index (κ2) is 12.5. The van der Waals surface area contributed by atoms with Gasteiger partial charge in [0, 0.05) is 30.9 Å². The second-order valence-corrected chi connectivity index (χ2v) is 10.6. The van der Waals surface area contributed by atoms with Gasteiger partial charge in [0.2, 0.25) is 11.9 Å². The number of carbonyl (C=O) groups is 1. The molecule has 0 unspecified atom stereocenters. The molecule has 1 saturated carbocycles. The molecule has 1 amide bonds. The maximum Gasteiger partial charge on any atom is 0.296 e. The smallest absolute Gasteiger partial charge is 0.296 e. The van der Waals surface area contributed by atoms with Gasteiger partial charge in [0.15, 0.2) is 5.82 Å². The second-order valence-electron chi connectivity index (χ2n) is 10.0. The Labute approximate surface area is 229 Å². The van der Waals surface area contributed by atoms with Gasteiger partial charge < -0.3 is 15.0 Å². The first kappa shape index (κ1) is 26.9. The third-order valence-electron chi connectivity index (χ3n) is 7.44. The molecule has 2 fully saturated rings. The molecule has 0 bridgehead atoms. The third-order valence-corrected chi connectivity index (χ3v) is 7.95. The Morgan fingerprint density at radius 3 is 2.61 bits per heavy atom. The summed E-state index contributed by atoms with van der Waals surface area (Å²) in [7, 11) is 0. The fraction of sp³-hybridized carbons (Fsp3) is 0.556. The van der Waals surface area contributed by atoms with Crippen LogP contribution in [0.3, 0.4) is 0 Å². The molecule has 0 spiro atoms. The molecule has 8 nitrogen and oxygen atoms in total. The summed E-state index contributed by atoms with van der Waals surface area (Å²) in [5.74, 6) is 1.32. The molecule has 0 radical (unpaired) electrons. The van der Waals surface area contributed by atoms with Gasteiger partial charge in [0.1, 0.15) is 5.82 Å².